The minimum Gasteiger partial charge on any atom is -0.341 e. The van der Waals surface area contributed by atoms with Crippen LogP contribution in [0.4, 0.5) is 0 Å². The molecule has 1 aliphatic heterocycles. The molecule has 3 nitrogen and oxygen atoms in total. The number of nitrogens with two attached hydrogens (primary N) is 1. The van der Waals surface area contributed by atoms with Gasteiger partial charge in [0.25, 0.3) is 0 Å². The second kappa shape index (κ2) is 6.45. The van der Waals surface area contributed by atoms with E-state index in [1.165, 1.54) is 19.3 Å². The average molecular weight is 289 g/mol. The van der Waals surface area contributed by atoms with E-state index in [0.717, 1.165) is 31.8 Å². The van der Waals surface area contributed by atoms with Gasteiger partial charge in [-0.3, -0.25) is 4.79 Å². The van der Waals surface area contributed by atoms with Gasteiger partial charge in [-0.15, -0.1) is 12.4 Å². The van der Waals surface area contributed by atoms with Crippen LogP contribution in [-0.2, 0) is 4.79 Å². The van der Waals surface area contributed by atoms with Crippen LogP contribution in [0.25, 0.3) is 0 Å². The lowest BCUT2D eigenvalue weighted by Crippen LogP contribution is -2.35. The van der Waals surface area contributed by atoms with Gasteiger partial charge in [-0.2, -0.15) is 0 Å². The summed E-state index contributed by atoms with van der Waals surface area (Å²) in [4.78, 5) is 14.2. The first-order valence-electron chi connectivity index (χ1n) is 7.39. The third-order valence-electron chi connectivity index (χ3n) is 4.52. The Hall–Kier alpha value is -0.280. The molecule has 3 atom stereocenters. The van der Waals surface area contributed by atoms with Crippen molar-refractivity contribution in [1.82, 2.24) is 4.90 Å². The van der Waals surface area contributed by atoms with Crippen molar-refractivity contribution in [1.29, 1.82) is 0 Å². The molecule has 19 heavy (non-hydrogen) atoms. The molecule has 112 valence electrons. The molecular formula is C15H29ClN2O. The molecule has 0 aromatic rings. The smallest absolute Gasteiger partial charge is 0.222 e. The van der Waals surface area contributed by atoms with Gasteiger partial charge in [-0.25, -0.2) is 0 Å². The molecule has 2 rings (SSSR count). The minimum atomic E-state index is 0. The molecule has 1 saturated heterocycles. The van der Waals surface area contributed by atoms with E-state index < -0.39 is 0 Å². The number of rotatable bonds is 2. The lowest BCUT2D eigenvalue weighted by Gasteiger charge is -2.39. The summed E-state index contributed by atoms with van der Waals surface area (Å²) >= 11 is 0. The summed E-state index contributed by atoms with van der Waals surface area (Å²) in [6, 6.07) is 0.204. The predicted molar refractivity (Wildman–Crippen MR) is 81.3 cm³/mol. The van der Waals surface area contributed by atoms with Crippen molar-refractivity contribution in [2.24, 2.45) is 23.0 Å². The molecule has 4 heteroatoms. The van der Waals surface area contributed by atoms with Crippen LogP contribution in [0.2, 0.25) is 0 Å². The Morgan fingerprint density at radius 1 is 1.37 bits per heavy atom. The highest BCUT2D eigenvalue weighted by Crippen LogP contribution is 2.43. The van der Waals surface area contributed by atoms with Crippen LogP contribution in [-0.4, -0.2) is 29.9 Å². The molecule has 2 aliphatic rings. The number of hydrogen-bond donors (Lipinski definition) is 1. The van der Waals surface area contributed by atoms with Crippen LogP contribution in [0.3, 0.4) is 0 Å². The molecule has 2 fully saturated rings. The lowest BCUT2D eigenvalue weighted by atomic mass is 9.67. The number of carbonyl (C=O) groups excluding carboxylic acids is 1. The summed E-state index contributed by atoms with van der Waals surface area (Å²) < 4.78 is 0. The summed E-state index contributed by atoms with van der Waals surface area (Å²) in [6.07, 6.45) is 5.42. The highest BCUT2D eigenvalue weighted by molar-refractivity contribution is 5.85. The summed E-state index contributed by atoms with van der Waals surface area (Å²) in [6.45, 7) is 8.64. The zero-order valence-electron chi connectivity index (χ0n) is 12.5. The molecule has 0 aromatic heterocycles. The zero-order chi connectivity index (χ0) is 13.3. The van der Waals surface area contributed by atoms with E-state index in [1.807, 2.05) is 4.90 Å². The summed E-state index contributed by atoms with van der Waals surface area (Å²) in [5.41, 5.74) is 6.27. The van der Waals surface area contributed by atoms with E-state index >= 15 is 0 Å². The molecule has 1 aliphatic carbocycles. The van der Waals surface area contributed by atoms with Crippen LogP contribution in [0.1, 0.15) is 52.9 Å². The third-order valence-corrected chi connectivity index (χ3v) is 4.52. The molecule has 1 heterocycles. The van der Waals surface area contributed by atoms with E-state index in [-0.39, 0.29) is 18.4 Å². The number of hydrogen-bond acceptors (Lipinski definition) is 2. The lowest BCUT2D eigenvalue weighted by molar-refractivity contribution is -0.131. The maximum Gasteiger partial charge on any atom is 0.222 e. The van der Waals surface area contributed by atoms with Crippen molar-refractivity contribution in [3.05, 3.63) is 0 Å². The van der Waals surface area contributed by atoms with Crippen LogP contribution >= 0.6 is 12.4 Å². The second-order valence-electron chi connectivity index (χ2n) is 7.37. The molecule has 0 spiro atoms. The largest absolute Gasteiger partial charge is 0.341 e. The average Bonchev–Trinajstić information content (AvgIpc) is 2.61. The first kappa shape index (κ1) is 16.8. The highest BCUT2D eigenvalue weighted by Gasteiger charge is 2.34. The van der Waals surface area contributed by atoms with Gasteiger partial charge in [-0.05, 0) is 42.9 Å². The van der Waals surface area contributed by atoms with Crippen molar-refractivity contribution >= 4 is 18.3 Å². The zero-order valence-corrected chi connectivity index (χ0v) is 13.3. The molecule has 0 bridgehead atoms. The SMILES string of the molecule is CC1CC(CC(=O)N2CC[C@@H](N)C2)CC(C)(C)C1.Cl. The fourth-order valence-electron chi connectivity index (χ4n) is 4.09. The maximum absolute atomic E-state index is 12.2. The molecular weight excluding hydrogens is 260 g/mol. The fourth-order valence-corrected chi connectivity index (χ4v) is 4.09. The summed E-state index contributed by atoms with van der Waals surface area (Å²) in [7, 11) is 0. The summed E-state index contributed by atoms with van der Waals surface area (Å²) in [5, 5.41) is 0. The van der Waals surface area contributed by atoms with Gasteiger partial charge < -0.3 is 10.6 Å². The van der Waals surface area contributed by atoms with Crippen LogP contribution in [0.5, 0.6) is 0 Å². The minimum absolute atomic E-state index is 0. The van der Waals surface area contributed by atoms with Crippen molar-refractivity contribution in [3.63, 3.8) is 0 Å². The monoisotopic (exact) mass is 288 g/mol. The quantitative estimate of drug-likeness (QED) is 0.849. The molecule has 1 saturated carbocycles. The number of likely N-dealkylation sites (tertiary alicyclic amines) is 1. The molecule has 2 unspecified atom stereocenters. The van der Waals surface area contributed by atoms with Gasteiger partial charge in [0.2, 0.25) is 5.91 Å². The van der Waals surface area contributed by atoms with Gasteiger partial charge in [0.1, 0.15) is 0 Å². The highest BCUT2D eigenvalue weighted by atomic mass is 35.5. The number of nitrogens with zero attached hydrogens (tertiary/aromatic N) is 1. The first-order chi connectivity index (χ1) is 8.35. The Bertz CT molecular complexity index is 319. The van der Waals surface area contributed by atoms with Gasteiger partial charge >= 0.3 is 0 Å². The van der Waals surface area contributed by atoms with Crippen LogP contribution < -0.4 is 5.73 Å². The molecule has 0 radical (unpaired) electrons. The number of amides is 1. The van der Waals surface area contributed by atoms with E-state index in [2.05, 4.69) is 20.8 Å². The fraction of sp³-hybridized carbons (Fsp3) is 0.933. The van der Waals surface area contributed by atoms with E-state index in [0.29, 0.717) is 17.2 Å². The van der Waals surface area contributed by atoms with E-state index in [1.54, 1.807) is 0 Å². The molecule has 1 amide bonds. The van der Waals surface area contributed by atoms with Gasteiger partial charge in [0.05, 0.1) is 0 Å². The molecule has 0 aromatic carbocycles. The van der Waals surface area contributed by atoms with Crippen molar-refractivity contribution in [3.8, 4) is 0 Å². The molecule has 2 N–H and O–H groups in total. The van der Waals surface area contributed by atoms with Crippen molar-refractivity contribution in [2.75, 3.05) is 13.1 Å². The Kier molecular flexibility index (Phi) is 5.69. The van der Waals surface area contributed by atoms with Gasteiger partial charge in [0.15, 0.2) is 0 Å². The topological polar surface area (TPSA) is 46.3 Å². The Labute approximate surface area is 123 Å². The summed E-state index contributed by atoms with van der Waals surface area (Å²) in [5.74, 6) is 1.67. The standard InChI is InChI=1S/C15H28N2O.ClH/c1-11-6-12(9-15(2,3)8-11)7-14(18)17-5-4-13(16)10-17;/h11-13H,4-10,16H2,1-3H3;1H/t11?,12?,13-;/m1./s1. The second-order valence-corrected chi connectivity index (χ2v) is 7.37. The van der Waals surface area contributed by atoms with E-state index in [9.17, 15) is 4.79 Å². The van der Waals surface area contributed by atoms with Crippen LogP contribution in [0, 0.1) is 17.3 Å². The first-order valence-corrected chi connectivity index (χ1v) is 7.39. The third kappa shape index (κ3) is 4.64. The van der Waals surface area contributed by atoms with Gasteiger partial charge in [0, 0.05) is 25.6 Å². The van der Waals surface area contributed by atoms with Crippen LogP contribution in [0.15, 0.2) is 0 Å². The number of halogens is 1. The Morgan fingerprint density at radius 3 is 2.58 bits per heavy atom. The van der Waals surface area contributed by atoms with Gasteiger partial charge in [-0.1, -0.05) is 20.8 Å². The van der Waals surface area contributed by atoms with Crippen molar-refractivity contribution in [2.45, 2.75) is 58.9 Å². The number of carbonyl (C=O) groups is 1. The van der Waals surface area contributed by atoms with Crippen molar-refractivity contribution < 1.29 is 4.79 Å². The predicted octanol–water partition coefficient (Wildman–Crippen LogP) is 2.82. The van der Waals surface area contributed by atoms with E-state index in [4.69, 9.17) is 5.73 Å². The normalized spacial score (nSPS) is 33.9. The maximum atomic E-state index is 12.2. The Balaban J connectivity index is 0.00000180. The Morgan fingerprint density at radius 2 is 2.05 bits per heavy atom.